The number of fused-ring (bicyclic) bond motifs is 7. The summed E-state index contributed by atoms with van der Waals surface area (Å²) in [5, 5.41) is 1.09. The minimum Gasteiger partial charge on any atom is -0.470 e. The van der Waals surface area contributed by atoms with Gasteiger partial charge in [0.05, 0.1) is 11.2 Å². The van der Waals surface area contributed by atoms with Crippen LogP contribution >= 0.6 is 15.9 Å². The van der Waals surface area contributed by atoms with E-state index < -0.39 is 30.3 Å². The molecule has 0 N–H and O–H groups in total. The van der Waals surface area contributed by atoms with Crippen LogP contribution in [-0.4, -0.2) is 51.6 Å². The molecular formula is C30H31BrN2O6. The average molecular weight is 595 g/mol. The SMILES string of the molecule is CC1Oc2cc(C(=O)COC(=O)[C@@H]3[C@H]4CC[C@H](C4)N3C(=O)OC(C)(C)C)ccc2-c2cc3cc(Br)ccc3n21. The molecule has 2 fully saturated rings. The first kappa shape index (κ1) is 25.9. The monoisotopic (exact) mass is 594 g/mol. The van der Waals surface area contributed by atoms with Gasteiger partial charge < -0.3 is 18.8 Å². The van der Waals surface area contributed by atoms with Gasteiger partial charge >= 0.3 is 12.1 Å². The lowest BCUT2D eigenvalue weighted by Gasteiger charge is -2.35. The number of amides is 1. The van der Waals surface area contributed by atoms with Gasteiger partial charge in [0.25, 0.3) is 0 Å². The van der Waals surface area contributed by atoms with Crippen molar-refractivity contribution in [3.63, 3.8) is 0 Å². The molecule has 1 amide bonds. The van der Waals surface area contributed by atoms with Gasteiger partial charge in [0.1, 0.15) is 17.4 Å². The molecule has 204 valence electrons. The summed E-state index contributed by atoms with van der Waals surface area (Å²) >= 11 is 3.54. The maximum absolute atomic E-state index is 13.1. The van der Waals surface area contributed by atoms with Gasteiger partial charge in [-0.25, -0.2) is 9.59 Å². The zero-order valence-electron chi connectivity index (χ0n) is 22.4. The molecule has 3 aliphatic rings. The molecule has 3 aromatic rings. The van der Waals surface area contributed by atoms with Crippen LogP contribution in [0.2, 0.25) is 0 Å². The molecule has 1 saturated carbocycles. The molecule has 2 bridgehead atoms. The van der Waals surface area contributed by atoms with E-state index in [1.165, 1.54) is 4.90 Å². The number of carbonyl (C=O) groups is 3. The third kappa shape index (κ3) is 4.60. The van der Waals surface area contributed by atoms with Crippen LogP contribution in [0.4, 0.5) is 4.79 Å². The lowest BCUT2D eigenvalue weighted by molar-refractivity contribution is -0.150. The number of carbonyl (C=O) groups excluding carboxylic acids is 3. The van der Waals surface area contributed by atoms with Crippen molar-refractivity contribution in [1.29, 1.82) is 0 Å². The fourth-order valence-electron chi connectivity index (χ4n) is 6.22. The minimum atomic E-state index is -0.721. The van der Waals surface area contributed by atoms with Crippen LogP contribution in [0.3, 0.4) is 0 Å². The average Bonchev–Trinajstić information content (AvgIpc) is 3.58. The second-order valence-electron chi connectivity index (χ2n) is 11.6. The Kier molecular flexibility index (Phi) is 6.25. The highest BCUT2D eigenvalue weighted by Gasteiger charge is 2.53. The number of aromatic nitrogens is 1. The summed E-state index contributed by atoms with van der Waals surface area (Å²) in [6.07, 6.45) is 1.68. The molecule has 9 heteroatoms. The third-order valence-corrected chi connectivity index (χ3v) is 8.31. The Balaban J connectivity index is 1.18. The van der Waals surface area contributed by atoms with Crippen molar-refractivity contribution in [2.24, 2.45) is 5.92 Å². The largest absolute Gasteiger partial charge is 0.470 e. The summed E-state index contributed by atoms with van der Waals surface area (Å²) in [7, 11) is 0. The molecule has 2 aliphatic heterocycles. The van der Waals surface area contributed by atoms with E-state index >= 15 is 0 Å². The summed E-state index contributed by atoms with van der Waals surface area (Å²) in [5.74, 6) is -0.251. The quantitative estimate of drug-likeness (QED) is 0.253. The number of halogens is 1. The normalized spacial score (nSPS) is 23.3. The van der Waals surface area contributed by atoms with E-state index in [9.17, 15) is 14.4 Å². The van der Waals surface area contributed by atoms with Gasteiger partial charge in [0.2, 0.25) is 0 Å². The van der Waals surface area contributed by atoms with Gasteiger partial charge in [-0.05, 0) is 89.3 Å². The van der Waals surface area contributed by atoms with E-state index in [4.69, 9.17) is 14.2 Å². The van der Waals surface area contributed by atoms with Crippen LogP contribution < -0.4 is 4.74 Å². The van der Waals surface area contributed by atoms with Crippen molar-refractivity contribution in [2.45, 2.75) is 70.9 Å². The van der Waals surface area contributed by atoms with E-state index in [1.807, 2.05) is 19.1 Å². The van der Waals surface area contributed by atoms with Gasteiger partial charge in [-0.2, -0.15) is 0 Å². The molecule has 1 aromatic heterocycles. The summed E-state index contributed by atoms with van der Waals surface area (Å²) < 4.78 is 20.4. The van der Waals surface area contributed by atoms with Crippen molar-refractivity contribution in [1.82, 2.24) is 9.47 Å². The number of Topliss-reactive ketones (excluding diaryl/α,β-unsaturated/α-hetero) is 1. The summed E-state index contributed by atoms with van der Waals surface area (Å²) in [4.78, 5) is 40.6. The standard InChI is InChI=1S/C30H31BrN2O6/c1-16-32-23-10-7-20(31)11-19(23)13-24(32)22-9-6-17(14-26(22)38-16)25(34)15-37-28(35)27-18-5-8-21(12-18)33(27)29(36)39-30(2,3)4/h6-7,9-11,13-14,16,18,21,27H,5,8,12,15H2,1-4H3/t16?,18-,21+,27-/m0/s1. The number of hydrogen-bond acceptors (Lipinski definition) is 6. The van der Waals surface area contributed by atoms with Gasteiger partial charge in [-0.1, -0.05) is 22.0 Å². The van der Waals surface area contributed by atoms with Crippen molar-refractivity contribution < 1.29 is 28.6 Å². The minimum absolute atomic E-state index is 0.0242. The van der Waals surface area contributed by atoms with Crippen LogP contribution in [0.5, 0.6) is 5.75 Å². The topological polar surface area (TPSA) is 87.1 Å². The molecule has 0 spiro atoms. The highest BCUT2D eigenvalue weighted by atomic mass is 79.9. The van der Waals surface area contributed by atoms with Crippen LogP contribution in [0.25, 0.3) is 22.2 Å². The maximum Gasteiger partial charge on any atom is 0.411 e. The first-order valence-electron chi connectivity index (χ1n) is 13.3. The molecular weight excluding hydrogens is 564 g/mol. The fourth-order valence-corrected chi connectivity index (χ4v) is 6.60. The Morgan fingerprint density at radius 2 is 1.87 bits per heavy atom. The molecule has 39 heavy (non-hydrogen) atoms. The number of piperidine rings is 1. The number of nitrogens with zero attached hydrogens (tertiary/aromatic N) is 2. The van der Waals surface area contributed by atoms with E-state index in [-0.39, 0.29) is 24.0 Å². The summed E-state index contributed by atoms with van der Waals surface area (Å²) in [5.41, 5.74) is 2.71. The van der Waals surface area contributed by atoms with Crippen molar-refractivity contribution in [3.8, 4) is 17.0 Å². The smallest absolute Gasteiger partial charge is 0.411 e. The van der Waals surface area contributed by atoms with Crippen molar-refractivity contribution >= 4 is 44.7 Å². The number of hydrogen-bond donors (Lipinski definition) is 0. The molecule has 6 rings (SSSR count). The van der Waals surface area contributed by atoms with Gasteiger partial charge in [0, 0.05) is 27.0 Å². The number of rotatable bonds is 4. The second-order valence-corrected chi connectivity index (χ2v) is 12.5. The van der Waals surface area contributed by atoms with Gasteiger partial charge in [-0.15, -0.1) is 0 Å². The number of esters is 1. The van der Waals surface area contributed by atoms with Crippen molar-refractivity contribution in [2.75, 3.05) is 6.61 Å². The Bertz CT molecular complexity index is 1510. The number of likely N-dealkylation sites (tertiary alicyclic amines) is 1. The predicted octanol–water partition coefficient (Wildman–Crippen LogP) is 6.50. The molecule has 1 saturated heterocycles. The highest BCUT2D eigenvalue weighted by molar-refractivity contribution is 9.10. The highest BCUT2D eigenvalue weighted by Crippen LogP contribution is 2.44. The molecule has 1 unspecified atom stereocenters. The van der Waals surface area contributed by atoms with Crippen LogP contribution in [0.15, 0.2) is 46.9 Å². The van der Waals surface area contributed by atoms with Gasteiger partial charge in [-0.3, -0.25) is 9.69 Å². The number of ether oxygens (including phenoxy) is 3. The van der Waals surface area contributed by atoms with E-state index in [0.29, 0.717) is 11.3 Å². The molecule has 1 aliphatic carbocycles. The van der Waals surface area contributed by atoms with Crippen molar-refractivity contribution in [3.05, 3.63) is 52.5 Å². The summed E-state index contributed by atoms with van der Waals surface area (Å²) in [6, 6.07) is 12.8. The zero-order chi connectivity index (χ0) is 27.6. The Hall–Kier alpha value is -3.33. The van der Waals surface area contributed by atoms with Crippen LogP contribution in [0.1, 0.15) is 63.5 Å². The molecule has 3 heterocycles. The zero-order valence-corrected chi connectivity index (χ0v) is 24.0. The number of ketones is 1. The molecule has 8 nitrogen and oxygen atoms in total. The number of benzene rings is 2. The first-order valence-corrected chi connectivity index (χ1v) is 14.1. The Morgan fingerprint density at radius 3 is 2.64 bits per heavy atom. The molecule has 4 atom stereocenters. The van der Waals surface area contributed by atoms with Gasteiger partial charge in [0.15, 0.2) is 18.6 Å². The molecule has 0 radical (unpaired) electrons. The summed E-state index contributed by atoms with van der Waals surface area (Å²) in [6.45, 7) is 6.96. The second kappa shape index (κ2) is 9.40. The lowest BCUT2D eigenvalue weighted by atomic mass is 9.99. The van der Waals surface area contributed by atoms with Crippen LogP contribution in [-0.2, 0) is 14.3 Å². The van der Waals surface area contributed by atoms with E-state index in [0.717, 1.165) is 45.9 Å². The Labute approximate surface area is 235 Å². The molecule has 2 aromatic carbocycles. The predicted molar refractivity (Wildman–Crippen MR) is 149 cm³/mol. The van der Waals surface area contributed by atoms with E-state index in [2.05, 4.69) is 38.7 Å². The first-order chi connectivity index (χ1) is 18.5. The van der Waals surface area contributed by atoms with Crippen LogP contribution in [0, 0.1) is 5.92 Å². The third-order valence-electron chi connectivity index (χ3n) is 7.82. The van der Waals surface area contributed by atoms with E-state index in [1.54, 1.807) is 32.9 Å². The Morgan fingerprint density at radius 1 is 1.08 bits per heavy atom. The fraction of sp³-hybridized carbons (Fsp3) is 0.433. The lowest BCUT2D eigenvalue weighted by Crippen LogP contribution is -2.51. The maximum atomic E-state index is 13.1.